The molecule has 0 aliphatic heterocycles. The first-order chi connectivity index (χ1) is 13.2. The van der Waals surface area contributed by atoms with E-state index in [1.165, 1.54) is 5.56 Å². The van der Waals surface area contributed by atoms with Crippen LogP contribution in [0.2, 0.25) is 0 Å². The number of carbonyl (C=O) groups excluding carboxylic acids is 1. The summed E-state index contributed by atoms with van der Waals surface area (Å²) in [5.74, 6) is 0.863. The Labute approximate surface area is 160 Å². The van der Waals surface area contributed by atoms with E-state index in [9.17, 15) is 4.79 Å². The van der Waals surface area contributed by atoms with Gasteiger partial charge in [-0.3, -0.25) is 9.78 Å². The van der Waals surface area contributed by atoms with Gasteiger partial charge in [0, 0.05) is 18.4 Å². The second kappa shape index (κ2) is 9.53. The monoisotopic (exact) mass is 360 g/mol. The highest BCUT2D eigenvalue weighted by Gasteiger charge is 2.04. The van der Waals surface area contributed by atoms with Gasteiger partial charge in [0.05, 0.1) is 6.42 Å². The number of nitrogens with one attached hydrogen (secondary N) is 1. The Morgan fingerprint density at radius 3 is 2.37 bits per heavy atom. The minimum absolute atomic E-state index is 0.0171. The van der Waals surface area contributed by atoms with Gasteiger partial charge in [-0.1, -0.05) is 48.5 Å². The second-order valence-electron chi connectivity index (χ2n) is 6.50. The molecule has 0 aliphatic carbocycles. The number of pyridine rings is 1. The number of hydrogen-bond donors (Lipinski definition) is 1. The molecule has 0 saturated heterocycles. The number of benzene rings is 2. The van der Waals surface area contributed by atoms with Crippen molar-refractivity contribution < 1.29 is 9.53 Å². The summed E-state index contributed by atoms with van der Waals surface area (Å²) < 4.78 is 5.79. The molecule has 0 radical (unpaired) electrons. The van der Waals surface area contributed by atoms with Crippen molar-refractivity contribution in [3.05, 3.63) is 95.3 Å². The normalized spacial score (nSPS) is 10.4. The van der Waals surface area contributed by atoms with Gasteiger partial charge in [0.2, 0.25) is 5.91 Å². The maximum atomic E-state index is 12.0. The second-order valence-corrected chi connectivity index (χ2v) is 6.50. The first kappa shape index (κ1) is 18.6. The Bertz CT molecular complexity index is 844. The van der Waals surface area contributed by atoms with Crippen LogP contribution in [0.5, 0.6) is 5.75 Å². The van der Waals surface area contributed by atoms with Gasteiger partial charge in [-0.2, -0.15) is 0 Å². The molecule has 0 atom stereocenters. The van der Waals surface area contributed by atoms with Crippen molar-refractivity contribution in [2.75, 3.05) is 6.54 Å². The van der Waals surface area contributed by atoms with Crippen LogP contribution in [0.3, 0.4) is 0 Å². The maximum absolute atomic E-state index is 12.0. The van der Waals surface area contributed by atoms with Crippen molar-refractivity contribution in [3.63, 3.8) is 0 Å². The molecule has 1 heterocycles. The van der Waals surface area contributed by atoms with Crippen molar-refractivity contribution in [2.24, 2.45) is 0 Å². The van der Waals surface area contributed by atoms with E-state index in [4.69, 9.17) is 4.74 Å². The molecule has 0 saturated carbocycles. The third-order valence-electron chi connectivity index (χ3n) is 4.24. The van der Waals surface area contributed by atoms with Gasteiger partial charge in [0.1, 0.15) is 12.4 Å². The smallest absolute Gasteiger partial charge is 0.224 e. The Morgan fingerprint density at radius 2 is 1.67 bits per heavy atom. The van der Waals surface area contributed by atoms with Gasteiger partial charge in [-0.25, -0.2) is 0 Å². The lowest BCUT2D eigenvalue weighted by molar-refractivity contribution is -0.120. The summed E-state index contributed by atoms with van der Waals surface area (Å²) in [6.07, 6.45) is 2.90. The molecule has 1 aromatic heterocycles. The van der Waals surface area contributed by atoms with Crippen molar-refractivity contribution in [2.45, 2.75) is 26.4 Å². The highest BCUT2D eigenvalue weighted by atomic mass is 16.5. The van der Waals surface area contributed by atoms with Crippen LogP contribution in [0, 0.1) is 6.92 Å². The fraction of sp³-hybridized carbons (Fsp3) is 0.217. The standard InChI is InChI=1S/C23H24N2O2/c1-18-7-8-21(16-25-18)15-23(26)24-14-13-19-9-11-22(12-10-19)27-17-20-5-3-2-4-6-20/h2-12,16H,13-15,17H2,1H3,(H,24,26). The van der Waals surface area contributed by atoms with Gasteiger partial charge in [-0.15, -0.1) is 0 Å². The molecule has 4 heteroatoms. The van der Waals surface area contributed by atoms with E-state index in [2.05, 4.69) is 10.3 Å². The topological polar surface area (TPSA) is 51.2 Å². The third-order valence-corrected chi connectivity index (χ3v) is 4.24. The molecule has 3 rings (SSSR count). The van der Waals surface area contributed by atoms with Crippen LogP contribution in [0.25, 0.3) is 0 Å². The van der Waals surface area contributed by atoms with Gasteiger partial charge in [0.25, 0.3) is 0 Å². The molecular weight excluding hydrogens is 336 g/mol. The lowest BCUT2D eigenvalue weighted by Crippen LogP contribution is -2.27. The average molecular weight is 360 g/mol. The number of hydrogen-bond acceptors (Lipinski definition) is 3. The number of aryl methyl sites for hydroxylation is 1. The van der Waals surface area contributed by atoms with E-state index >= 15 is 0 Å². The van der Waals surface area contributed by atoms with Crippen LogP contribution < -0.4 is 10.1 Å². The van der Waals surface area contributed by atoms with E-state index in [-0.39, 0.29) is 5.91 Å². The number of aromatic nitrogens is 1. The van der Waals surface area contributed by atoms with Crippen LogP contribution in [-0.2, 0) is 24.2 Å². The summed E-state index contributed by atoms with van der Waals surface area (Å²) in [4.78, 5) is 16.2. The molecule has 27 heavy (non-hydrogen) atoms. The number of amides is 1. The van der Waals surface area contributed by atoms with E-state index in [0.717, 1.165) is 29.0 Å². The molecule has 0 bridgehead atoms. The summed E-state index contributed by atoms with van der Waals surface area (Å²) in [5, 5.41) is 2.96. The highest BCUT2D eigenvalue weighted by molar-refractivity contribution is 5.78. The third kappa shape index (κ3) is 6.26. The molecular formula is C23H24N2O2. The van der Waals surface area contributed by atoms with Crippen LogP contribution >= 0.6 is 0 Å². The Hall–Kier alpha value is -3.14. The van der Waals surface area contributed by atoms with Gasteiger partial charge >= 0.3 is 0 Å². The van der Waals surface area contributed by atoms with E-state index in [1.807, 2.05) is 73.7 Å². The molecule has 0 aliphatic rings. The minimum atomic E-state index is 0.0171. The van der Waals surface area contributed by atoms with Gasteiger partial charge in [0.15, 0.2) is 0 Å². The summed E-state index contributed by atoms with van der Waals surface area (Å²) in [7, 11) is 0. The zero-order chi connectivity index (χ0) is 18.9. The number of ether oxygens (including phenoxy) is 1. The van der Waals surface area contributed by atoms with Crippen LogP contribution in [0.4, 0.5) is 0 Å². The summed E-state index contributed by atoms with van der Waals surface area (Å²) in [6.45, 7) is 3.11. The van der Waals surface area contributed by atoms with E-state index in [1.54, 1.807) is 6.20 Å². The Morgan fingerprint density at radius 1 is 0.926 bits per heavy atom. The average Bonchev–Trinajstić information content (AvgIpc) is 2.70. The zero-order valence-corrected chi connectivity index (χ0v) is 15.5. The molecule has 0 fully saturated rings. The summed E-state index contributed by atoms with van der Waals surface area (Å²) in [6, 6.07) is 22.0. The van der Waals surface area contributed by atoms with Crippen LogP contribution in [0.1, 0.15) is 22.4 Å². The van der Waals surface area contributed by atoms with Crippen molar-refractivity contribution in [1.29, 1.82) is 0 Å². The lowest BCUT2D eigenvalue weighted by atomic mass is 10.1. The van der Waals surface area contributed by atoms with Crippen LogP contribution in [-0.4, -0.2) is 17.4 Å². The molecule has 1 N–H and O–H groups in total. The summed E-state index contributed by atoms with van der Waals surface area (Å²) in [5.41, 5.74) is 4.20. The van der Waals surface area contributed by atoms with Gasteiger partial charge < -0.3 is 10.1 Å². The number of carbonyl (C=O) groups is 1. The van der Waals surface area contributed by atoms with Crippen molar-refractivity contribution in [3.8, 4) is 5.75 Å². The first-order valence-corrected chi connectivity index (χ1v) is 9.13. The SMILES string of the molecule is Cc1ccc(CC(=O)NCCc2ccc(OCc3ccccc3)cc2)cn1. The zero-order valence-electron chi connectivity index (χ0n) is 15.5. The van der Waals surface area contributed by atoms with E-state index in [0.29, 0.717) is 19.6 Å². The molecule has 0 spiro atoms. The highest BCUT2D eigenvalue weighted by Crippen LogP contribution is 2.14. The lowest BCUT2D eigenvalue weighted by Gasteiger charge is -2.08. The quantitative estimate of drug-likeness (QED) is 0.663. The number of nitrogens with zero attached hydrogens (tertiary/aromatic N) is 1. The molecule has 3 aromatic rings. The van der Waals surface area contributed by atoms with Gasteiger partial charge in [-0.05, 0) is 48.2 Å². The summed E-state index contributed by atoms with van der Waals surface area (Å²) >= 11 is 0. The predicted molar refractivity (Wildman–Crippen MR) is 107 cm³/mol. The Balaban J connectivity index is 1.39. The Kier molecular flexibility index (Phi) is 6.58. The number of rotatable bonds is 8. The maximum Gasteiger partial charge on any atom is 0.224 e. The molecule has 4 nitrogen and oxygen atoms in total. The van der Waals surface area contributed by atoms with Crippen molar-refractivity contribution >= 4 is 5.91 Å². The van der Waals surface area contributed by atoms with E-state index < -0.39 is 0 Å². The molecule has 1 amide bonds. The first-order valence-electron chi connectivity index (χ1n) is 9.13. The van der Waals surface area contributed by atoms with Crippen LogP contribution in [0.15, 0.2) is 72.9 Å². The molecule has 2 aromatic carbocycles. The fourth-order valence-electron chi connectivity index (χ4n) is 2.69. The molecule has 0 unspecified atom stereocenters. The largest absolute Gasteiger partial charge is 0.489 e. The predicted octanol–water partition coefficient (Wildman–Crippen LogP) is 3.87. The van der Waals surface area contributed by atoms with Crippen molar-refractivity contribution in [1.82, 2.24) is 10.3 Å². The minimum Gasteiger partial charge on any atom is -0.489 e. The molecule has 138 valence electrons. The fourth-order valence-corrected chi connectivity index (χ4v) is 2.69.